The van der Waals surface area contributed by atoms with E-state index < -0.39 is 0 Å². The van der Waals surface area contributed by atoms with E-state index >= 15 is 0 Å². The maximum absolute atomic E-state index is 12.4. The Morgan fingerprint density at radius 2 is 1.91 bits per heavy atom. The van der Waals surface area contributed by atoms with Crippen LogP contribution in [0.1, 0.15) is 33.6 Å². The molecule has 0 aliphatic heterocycles. The number of phenolic OH excluding ortho intramolecular Hbond substituents is 1. The molecule has 0 radical (unpaired) electrons. The molecule has 1 heterocycles. The number of hydrogen-bond donors (Lipinski definition) is 1. The molecule has 1 aliphatic carbocycles. The topological polar surface area (TPSA) is 37.3 Å². The van der Waals surface area contributed by atoms with Crippen molar-refractivity contribution in [1.29, 1.82) is 0 Å². The summed E-state index contributed by atoms with van der Waals surface area (Å²) >= 11 is 2.80. The van der Waals surface area contributed by atoms with Gasteiger partial charge in [-0.3, -0.25) is 4.79 Å². The molecular weight excluding hydrogens is 324 g/mol. The molecule has 4 heteroatoms. The van der Waals surface area contributed by atoms with Gasteiger partial charge in [0, 0.05) is 9.78 Å². The zero-order chi connectivity index (χ0) is 16.4. The molecule has 3 rings (SSSR count). The normalized spacial score (nSPS) is 13.9. The van der Waals surface area contributed by atoms with E-state index in [9.17, 15) is 9.90 Å². The monoisotopic (exact) mass is 342 g/mol. The summed E-state index contributed by atoms with van der Waals surface area (Å²) in [7, 11) is 0. The minimum Gasteiger partial charge on any atom is -0.507 e. The van der Waals surface area contributed by atoms with Crippen molar-refractivity contribution >= 4 is 28.2 Å². The molecule has 0 bridgehead atoms. The van der Waals surface area contributed by atoms with Gasteiger partial charge in [-0.2, -0.15) is 0 Å². The Bertz CT molecular complexity index is 790. The Kier molecular flexibility index (Phi) is 4.74. The van der Waals surface area contributed by atoms with Crippen molar-refractivity contribution in [3.05, 3.63) is 63.4 Å². The van der Waals surface area contributed by atoms with Crippen LogP contribution in [-0.2, 0) is 0 Å². The molecule has 23 heavy (non-hydrogen) atoms. The van der Waals surface area contributed by atoms with Crippen LogP contribution in [0.4, 0.5) is 0 Å². The number of carbonyl (C=O) groups excluding carboxylic acids is 1. The molecule has 118 valence electrons. The Morgan fingerprint density at radius 1 is 1.17 bits per heavy atom. The number of carbonyl (C=O) groups is 1. The first kappa shape index (κ1) is 16.1. The van der Waals surface area contributed by atoms with E-state index in [-0.39, 0.29) is 5.12 Å². The van der Waals surface area contributed by atoms with Gasteiger partial charge in [0.1, 0.15) is 5.75 Å². The van der Waals surface area contributed by atoms with Crippen LogP contribution in [0.25, 0.3) is 10.4 Å². The van der Waals surface area contributed by atoms with Crippen LogP contribution in [0.3, 0.4) is 0 Å². The standard InChI is InChI=1S/C19H18O2S2/c1-12-10-14(11-13(2)18(12)20)16-8-9-17(23-16)19(21)22-15-6-4-3-5-7-15/h4,6-11,20H,3,5H2,1-2H3. The predicted molar refractivity (Wildman–Crippen MR) is 99.3 cm³/mol. The number of phenols is 1. The van der Waals surface area contributed by atoms with E-state index in [1.807, 2.05) is 44.2 Å². The highest BCUT2D eigenvalue weighted by molar-refractivity contribution is 8.17. The van der Waals surface area contributed by atoms with E-state index in [0.29, 0.717) is 5.75 Å². The summed E-state index contributed by atoms with van der Waals surface area (Å²) in [5, 5.41) is 9.98. The first-order chi connectivity index (χ1) is 11.0. The molecule has 2 aromatic rings. The van der Waals surface area contributed by atoms with Crippen LogP contribution in [0, 0.1) is 13.8 Å². The van der Waals surface area contributed by atoms with Crippen molar-refractivity contribution in [2.45, 2.75) is 26.7 Å². The number of hydrogen-bond acceptors (Lipinski definition) is 4. The van der Waals surface area contributed by atoms with Crippen LogP contribution >= 0.6 is 23.1 Å². The molecule has 2 nitrogen and oxygen atoms in total. The minimum absolute atomic E-state index is 0.0891. The third kappa shape index (κ3) is 3.59. The number of aromatic hydroxyl groups is 1. The number of thioether (sulfide) groups is 1. The van der Waals surface area contributed by atoms with E-state index in [0.717, 1.165) is 44.2 Å². The van der Waals surface area contributed by atoms with Crippen molar-refractivity contribution in [2.75, 3.05) is 0 Å². The fourth-order valence-electron chi connectivity index (χ4n) is 2.52. The molecule has 1 N–H and O–H groups in total. The van der Waals surface area contributed by atoms with Gasteiger partial charge in [0.15, 0.2) is 0 Å². The van der Waals surface area contributed by atoms with Gasteiger partial charge in [0.25, 0.3) is 0 Å². The van der Waals surface area contributed by atoms with Gasteiger partial charge in [-0.05, 0) is 79.4 Å². The van der Waals surface area contributed by atoms with Gasteiger partial charge < -0.3 is 5.11 Å². The second kappa shape index (κ2) is 6.77. The second-order valence-electron chi connectivity index (χ2n) is 5.60. The van der Waals surface area contributed by atoms with E-state index in [4.69, 9.17) is 0 Å². The van der Waals surface area contributed by atoms with Gasteiger partial charge in [-0.15, -0.1) is 11.3 Å². The summed E-state index contributed by atoms with van der Waals surface area (Å²) in [6.45, 7) is 3.78. The summed E-state index contributed by atoms with van der Waals surface area (Å²) in [6, 6.07) is 7.79. The minimum atomic E-state index is 0.0891. The number of rotatable bonds is 3. The van der Waals surface area contributed by atoms with Crippen molar-refractivity contribution in [3.8, 4) is 16.2 Å². The third-order valence-corrected chi connectivity index (χ3v) is 5.96. The summed E-state index contributed by atoms with van der Waals surface area (Å²) in [5.41, 5.74) is 2.75. The average Bonchev–Trinajstić information content (AvgIpc) is 3.03. The summed E-state index contributed by atoms with van der Waals surface area (Å²) in [6.07, 6.45) is 8.31. The van der Waals surface area contributed by atoms with Crippen LogP contribution in [-0.4, -0.2) is 10.2 Å². The molecule has 1 aromatic heterocycles. The van der Waals surface area contributed by atoms with Gasteiger partial charge in [-0.1, -0.05) is 18.2 Å². The Labute approximate surface area is 144 Å². The van der Waals surface area contributed by atoms with E-state index in [1.165, 1.54) is 23.1 Å². The molecular formula is C19H18O2S2. The highest BCUT2D eigenvalue weighted by atomic mass is 32.2. The first-order valence-corrected chi connectivity index (χ1v) is 9.17. The SMILES string of the molecule is Cc1cc(-c2ccc(C(=O)SC3=CCCC=C3)s2)cc(C)c1O. The van der Waals surface area contributed by atoms with Gasteiger partial charge in [0.05, 0.1) is 4.88 Å². The van der Waals surface area contributed by atoms with Gasteiger partial charge in [-0.25, -0.2) is 0 Å². The summed E-state index contributed by atoms with van der Waals surface area (Å²) < 4.78 is 0. The second-order valence-corrected chi connectivity index (χ2v) is 7.73. The van der Waals surface area contributed by atoms with Crippen LogP contribution in [0.15, 0.2) is 47.4 Å². The summed E-state index contributed by atoms with van der Waals surface area (Å²) in [5.74, 6) is 0.341. The molecule has 1 aliphatic rings. The molecule has 0 unspecified atom stereocenters. The molecule has 0 fully saturated rings. The van der Waals surface area contributed by atoms with E-state index in [1.54, 1.807) is 0 Å². The Morgan fingerprint density at radius 3 is 2.57 bits per heavy atom. The zero-order valence-electron chi connectivity index (χ0n) is 13.1. The van der Waals surface area contributed by atoms with Crippen molar-refractivity contribution < 1.29 is 9.90 Å². The van der Waals surface area contributed by atoms with Crippen LogP contribution in [0.5, 0.6) is 5.75 Å². The Hall–Kier alpha value is -1.78. The molecule has 0 spiro atoms. The van der Waals surface area contributed by atoms with Gasteiger partial charge in [0.2, 0.25) is 5.12 Å². The zero-order valence-corrected chi connectivity index (χ0v) is 14.8. The lowest BCUT2D eigenvalue weighted by atomic mass is 10.0. The van der Waals surface area contributed by atoms with Crippen LogP contribution < -0.4 is 0 Å². The van der Waals surface area contributed by atoms with Crippen LogP contribution in [0.2, 0.25) is 0 Å². The molecule has 1 aromatic carbocycles. The number of aryl methyl sites for hydroxylation is 2. The van der Waals surface area contributed by atoms with Gasteiger partial charge >= 0.3 is 0 Å². The maximum Gasteiger partial charge on any atom is 0.234 e. The van der Waals surface area contributed by atoms with Crippen molar-refractivity contribution in [2.24, 2.45) is 0 Å². The molecule has 0 saturated heterocycles. The third-order valence-electron chi connectivity index (χ3n) is 3.75. The predicted octanol–water partition coefficient (Wildman–Crippen LogP) is 5.84. The van der Waals surface area contributed by atoms with E-state index in [2.05, 4.69) is 12.2 Å². The fourth-order valence-corrected chi connectivity index (χ4v) is 4.35. The highest BCUT2D eigenvalue weighted by Gasteiger charge is 2.14. The smallest absolute Gasteiger partial charge is 0.234 e. The molecule has 0 atom stereocenters. The fraction of sp³-hybridized carbons (Fsp3) is 0.211. The number of allylic oxidation sites excluding steroid dienone is 3. The quantitative estimate of drug-likeness (QED) is 0.761. The number of benzene rings is 1. The highest BCUT2D eigenvalue weighted by Crippen LogP contribution is 2.35. The Balaban J connectivity index is 1.81. The molecule has 0 saturated carbocycles. The number of thiophene rings is 1. The molecule has 0 amide bonds. The van der Waals surface area contributed by atoms with Crippen molar-refractivity contribution in [1.82, 2.24) is 0 Å². The average molecular weight is 342 g/mol. The maximum atomic E-state index is 12.4. The lowest BCUT2D eigenvalue weighted by Gasteiger charge is -2.06. The first-order valence-electron chi connectivity index (χ1n) is 7.54. The lowest BCUT2D eigenvalue weighted by Crippen LogP contribution is -1.90. The largest absolute Gasteiger partial charge is 0.507 e. The summed E-state index contributed by atoms with van der Waals surface area (Å²) in [4.78, 5) is 15.2. The van der Waals surface area contributed by atoms with Crippen molar-refractivity contribution in [3.63, 3.8) is 0 Å². The lowest BCUT2D eigenvalue weighted by molar-refractivity contribution is 0.109.